The van der Waals surface area contributed by atoms with E-state index in [-0.39, 0.29) is 19.3 Å². The average Bonchev–Trinajstić information content (AvgIpc) is 2.20. The molecular weight excluding hydrogens is 216 g/mol. The minimum absolute atomic E-state index is 0.00944. The molecule has 0 aromatic heterocycles. The first kappa shape index (κ1) is 14.6. The molecule has 0 aromatic carbocycles. The Morgan fingerprint density at radius 2 is 1.88 bits per heavy atom. The highest BCUT2D eigenvalue weighted by atomic mass is 16.6. The van der Waals surface area contributed by atoms with Crippen molar-refractivity contribution in [2.45, 2.75) is 26.1 Å². The van der Waals surface area contributed by atoms with Gasteiger partial charge >= 0.3 is 11.9 Å². The largest absolute Gasteiger partial charge is 0.478 e. The van der Waals surface area contributed by atoms with Gasteiger partial charge in [0.25, 0.3) is 0 Å². The monoisotopic (exact) mass is 232 g/mol. The maximum absolute atomic E-state index is 10.9. The molecule has 0 aromatic rings. The SMILES string of the molecule is CC(O)COC(C)COC(=O)/C=C/C(=O)O. The molecule has 0 spiro atoms. The maximum Gasteiger partial charge on any atom is 0.331 e. The van der Waals surface area contributed by atoms with E-state index in [4.69, 9.17) is 19.7 Å². The zero-order valence-electron chi connectivity index (χ0n) is 9.25. The van der Waals surface area contributed by atoms with Crippen molar-refractivity contribution >= 4 is 11.9 Å². The van der Waals surface area contributed by atoms with Gasteiger partial charge in [-0.05, 0) is 13.8 Å². The number of rotatable bonds is 7. The standard InChI is InChI=1S/C10H16O6/c1-7(11)5-15-8(2)6-16-10(14)4-3-9(12)13/h3-4,7-8,11H,5-6H2,1-2H3,(H,12,13)/b4-3+. The number of aliphatic carboxylic acids is 1. The van der Waals surface area contributed by atoms with Crippen LogP contribution in [0.15, 0.2) is 12.2 Å². The van der Waals surface area contributed by atoms with Gasteiger partial charge in [-0.15, -0.1) is 0 Å². The molecule has 6 heteroatoms. The predicted octanol–water partition coefficient (Wildman–Crippen LogP) is -0.0437. The Bertz CT molecular complexity index is 258. The van der Waals surface area contributed by atoms with E-state index < -0.39 is 18.0 Å². The Hall–Kier alpha value is -1.40. The normalized spacial score (nSPS) is 14.7. The first-order valence-corrected chi connectivity index (χ1v) is 4.79. The van der Waals surface area contributed by atoms with Crippen molar-refractivity contribution in [3.63, 3.8) is 0 Å². The molecule has 0 aliphatic heterocycles. The number of hydrogen-bond acceptors (Lipinski definition) is 5. The van der Waals surface area contributed by atoms with Crippen LogP contribution in [0.2, 0.25) is 0 Å². The molecule has 0 saturated carbocycles. The molecule has 0 amide bonds. The third-order valence-corrected chi connectivity index (χ3v) is 1.44. The number of carbonyl (C=O) groups excluding carboxylic acids is 1. The summed E-state index contributed by atoms with van der Waals surface area (Å²) in [5.41, 5.74) is 0. The zero-order valence-corrected chi connectivity index (χ0v) is 9.25. The maximum atomic E-state index is 10.9. The molecule has 2 unspecified atom stereocenters. The summed E-state index contributed by atoms with van der Waals surface area (Å²) < 4.78 is 9.80. The van der Waals surface area contributed by atoms with E-state index in [1.54, 1.807) is 13.8 Å². The minimum Gasteiger partial charge on any atom is -0.478 e. The highest BCUT2D eigenvalue weighted by Gasteiger charge is 2.07. The summed E-state index contributed by atoms with van der Waals surface area (Å²) in [7, 11) is 0. The molecule has 92 valence electrons. The summed E-state index contributed by atoms with van der Waals surface area (Å²) in [5, 5.41) is 17.2. The van der Waals surface area contributed by atoms with Crippen molar-refractivity contribution in [1.29, 1.82) is 0 Å². The lowest BCUT2D eigenvalue weighted by atomic mass is 10.4. The van der Waals surface area contributed by atoms with Crippen molar-refractivity contribution in [2.75, 3.05) is 13.2 Å². The summed E-state index contributed by atoms with van der Waals surface area (Å²) in [4.78, 5) is 21.0. The Kier molecular flexibility index (Phi) is 7.15. The van der Waals surface area contributed by atoms with Crippen molar-refractivity contribution < 1.29 is 29.3 Å². The second-order valence-corrected chi connectivity index (χ2v) is 3.29. The Balaban J connectivity index is 3.70. The van der Waals surface area contributed by atoms with Crippen LogP contribution in [0.25, 0.3) is 0 Å². The van der Waals surface area contributed by atoms with Gasteiger partial charge in [-0.3, -0.25) is 0 Å². The number of ether oxygens (including phenoxy) is 2. The molecule has 0 fully saturated rings. The first-order chi connectivity index (χ1) is 7.41. The Labute approximate surface area is 93.5 Å². The molecular formula is C10H16O6. The Morgan fingerprint density at radius 1 is 1.25 bits per heavy atom. The van der Waals surface area contributed by atoms with Crippen LogP contribution in [-0.2, 0) is 19.1 Å². The van der Waals surface area contributed by atoms with Crippen LogP contribution in [0.4, 0.5) is 0 Å². The number of aliphatic hydroxyl groups excluding tert-OH is 1. The number of carboxylic acid groups (broad SMARTS) is 1. The van der Waals surface area contributed by atoms with Gasteiger partial charge in [-0.1, -0.05) is 0 Å². The van der Waals surface area contributed by atoms with Gasteiger partial charge in [0, 0.05) is 12.2 Å². The molecule has 0 rings (SSSR count). The zero-order chi connectivity index (χ0) is 12.6. The highest BCUT2D eigenvalue weighted by molar-refractivity contribution is 5.90. The van der Waals surface area contributed by atoms with Gasteiger partial charge in [0.2, 0.25) is 0 Å². The highest BCUT2D eigenvalue weighted by Crippen LogP contribution is 1.95. The molecule has 16 heavy (non-hydrogen) atoms. The first-order valence-electron chi connectivity index (χ1n) is 4.79. The smallest absolute Gasteiger partial charge is 0.331 e. The molecule has 0 aliphatic rings. The van der Waals surface area contributed by atoms with Crippen LogP contribution >= 0.6 is 0 Å². The van der Waals surface area contributed by atoms with Gasteiger partial charge in [0.1, 0.15) is 6.61 Å². The molecule has 0 radical (unpaired) electrons. The lowest BCUT2D eigenvalue weighted by Gasteiger charge is -2.13. The van der Waals surface area contributed by atoms with E-state index in [0.717, 1.165) is 6.08 Å². The van der Waals surface area contributed by atoms with Gasteiger partial charge in [-0.2, -0.15) is 0 Å². The van der Waals surface area contributed by atoms with E-state index in [9.17, 15) is 9.59 Å². The van der Waals surface area contributed by atoms with Crippen LogP contribution in [0.5, 0.6) is 0 Å². The molecule has 0 bridgehead atoms. The summed E-state index contributed by atoms with van der Waals surface area (Å²) in [6.45, 7) is 3.42. The molecule has 0 heterocycles. The molecule has 0 aliphatic carbocycles. The predicted molar refractivity (Wildman–Crippen MR) is 54.8 cm³/mol. The fourth-order valence-electron chi connectivity index (χ4n) is 0.739. The third-order valence-electron chi connectivity index (χ3n) is 1.44. The van der Waals surface area contributed by atoms with E-state index in [1.165, 1.54) is 0 Å². The topological polar surface area (TPSA) is 93.1 Å². The average molecular weight is 232 g/mol. The summed E-state index contributed by atoms with van der Waals surface area (Å²) >= 11 is 0. The second kappa shape index (κ2) is 7.84. The van der Waals surface area contributed by atoms with E-state index in [0.29, 0.717) is 6.08 Å². The van der Waals surface area contributed by atoms with Gasteiger partial charge < -0.3 is 19.7 Å². The van der Waals surface area contributed by atoms with Crippen molar-refractivity contribution in [3.8, 4) is 0 Å². The number of esters is 1. The van der Waals surface area contributed by atoms with Crippen LogP contribution in [0, 0.1) is 0 Å². The summed E-state index contributed by atoms with van der Waals surface area (Å²) in [6, 6.07) is 0. The quantitative estimate of drug-likeness (QED) is 0.472. The Morgan fingerprint density at radius 3 is 2.38 bits per heavy atom. The number of carboxylic acids is 1. The number of hydrogen-bond donors (Lipinski definition) is 2. The van der Waals surface area contributed by atoms with E-state index in [1.807, 2.05) is 0 Å². The lowest BCUT2D eigenvalue weighted by molar-refractivity contribution is -0.142. The fraction of sp³-hybridized carbons (Fsp3) is 0.600. The van der Waals surface area contributed by atoms with Crippen molar-refractivity contribution in [2.24, 2.45) is 0 Å². The van der Waals surface area contributed by atoms with Crippen molar-refractivity contribution in [1.82, 2.24) is 0 Å². The fourth-order valence-corrected chi connectivity index (χ4v) is 0.739. The van der Waals surface area contributed by atoms with Gasteiger partial charge in [0.05, 0.1) is 18.8 Å². The summed E-state index contributed by atoms with van der Waals surface area (Å²) in [6.07, 6.45) is 0.592. The van der Waals surface area contributed by atoms with Gasteiger partial charge in [0.15, 0.2) is 0 Å². The van der Waals surface area contributed by atoms with Crippen LogP contribution in [0.3, 0.4) is 0 Å². The van der Waals surface area contributed by atoms with E-state index in [2.05, 4.69) is 0 Å². The summed E-state index contributed by atoms with van der Waals surface area (Å²) in [5.74, 6) is -1.95. The van der Waals surface area contributed by atoms with E-state index >= 15 is 0 Å². The minimum atomic E-state index is -1.21. The van der Waals surface area contributed by atoms with Crippen molar-refractivity contribution in [3.05, 3.63) is 12.2 Å². The van der Waals surface area contributed by atoms with Gasteiger partial charge in [-0.25, -0.2) is 9.59 Å². The van der Waals surface area contributed by atoms with Crippen LogP contribution < -0.4 is 0 Å². The number of carbonyl (C=O) groups is 2. The van der Waals surface area contributed by atoms with Crippen LogP contribution in [-0.4, -0.2) is 47.6 Å². The molecule has 2 atom stereocenters. The molecule has 6 nitrogen and oxygen atoms in total. The second-order valence-electron chi connectivity index (χ2n) is 3.29. The lowest BCUT2D eigenvalue weighted by Crippen LogP contribution is -2.22. The molecule has 0 saturated heterocycles. The van der Waals surface area contributed by atoms with Crippen LogP contribution in [0.1, 0.15) is 13.8 Å². The third kappa shape index (κ3) is 9.17. The molecule has 2 N–H and O–H groups in total. The number of aliphatic hydroxyl groups is 1.